The summed E-state index contributed by atoms with van der Waals surface area (Å²) in [6.45, 7) is 2.48. The number of benzene rings is 1. The first-order valence-corrected chi connectivity index (χ1v) is 9.02. The molecule has 3 N–H and O–H groups in total. The Hall–Kier alpha value is -2.11. The molecule has 0 bridgehead atoms. The molecule has 1 amide bonds. The number of likely N-dealkylation sites (tertiary alicyclic amines) is 1. The molecule has 25 heavy (non-hydrogen) atoms. The van der Waals surface area contributed by atoms with E-state index in [4.69, 9.17) is 5.73 Å². The predicted octanol–water partition coefficient (Wildman–Crippen LogP) is 2.02. The number of nitrogens with zero attached hydrogens (tertiary/aromatic N) is 2. The van der Waals surface area contributed by atoms with Crippen molar-refractivity contribution < 1.29 is 9.18 Å². The van der Waals surface area contributed by atoms with Gasteiger partial charge in [0.25, 0.3) is 0 Å². The van der Waals surface area contributed by atoms with Gasteiger partial charge < -0.3 is 16.0 Å². The number of rotatable bonds is 5. The Kier molecular flexibility index (Phi) is 5.25. The Balaban J connectivity index is 1.60. The van der Waals surface area contributed by atoms with Gasteiger partial charge in [-0.15, -0.1) is 0 Å². The molecule has 6 heteroatoms. The summed E-state index contributed by atoms with van der Waals surface area (Å²) in [5, 5.41) is 3.47. The van der Waals surface area contributed by atoms with Crippen molar-refractivity contribution in [3.63, 3.8) is 0 Å². The minimum atomic E-state index is -0.238. The molecule has 0 radical (unpaired) electrons. The number of carbonyl (C=O) groups is 1. The summed E-state index contributed by atoms with van der Waals surface area (Å²) < 4.78 is 13.5. The van der Waals surface area contributed by atoms with Crippen LogP contribution in [0.2, 0.25) is 0 Å². The van der Waals surface area contributed by atoms with Gasteiger partial charge in [-0.25, -0.2) is 4.39 Å². The maximum Gasteiger partial charge on any atom is 0.217 e. The molecule has 1 saturated carbocycles. The van der Waals surface area contributed by atoms with E-state index in [2.05, 4.69) is 15.2 Å². The van der Waals surface area contributed by atoms with Gasteiger partial charge in [-0.2, -0.15) is 0 Å². The molecule has 1 atom stereocenters. The van der Waals surface area contributed by atoms with Gasteiger partial charge >= 0.3 is 0 Å². The van der Waals surface area contributed by atoms with Crippen LogP contribution in [0.3, 0.4) is 0 Å². The molecule has 1 saturated heterocycles. The first-order chi connectivity index (χ1) is 12.0. The zero-order valence-electron chi connectivity index (χ0n) is 14.8. The fourth-order valence-electron chi connectivity index (χ4n) is 3.83. The summed E-state index contributed by atoms with van der Waals surface area (Å²) in [4.78, 5) is 17.8. The second-order valence-corrected chi connectivity index (χ2v) is 7.32. The number of piperidine rings is 1. The van der Waals surface area contributed by atoms with Crippen LogP contribution in [-0.2, 0) is 10.2 Å². The number of amides is 1. The van der Waals surface area contributed by atoms with E-state index >= 15 is 0 Å². The van der Waals surface area contributed by atoms with E-state index in [-0.39, 0.29) is 17.1 Å². The van der Waals surface area contributed by atoms with Crippen molar-refractivity contribution in [3.05, 3.63) is 35.6 Å². The first-order valence-electron chi connectivity index (χ1n) is 9.02. The average Bonchev–Trinajstić information content (AvgIpc) is 3.36. The lowest BCUT2D eigenvalue weighted by molar-refractivity contribution is -0.119. The van der Waals surface area contributed by atoms with E-state index in [0.717, 1.165) is 56.8 Å². The van der Waals surface area contributed by atoms with Crippen LogP contribution in [0, 0.1) is 11.7 Å². The van der Waals surface area contributed by atoms with Crippen LogP contribution in [0.4, 0.5) is 4.39 Å². The molecule has 1 unspecified atom stereocenters. The molecule has 0 spiro atoms. The molecular weight excluding hydrogens is 319 g/mol. The highest BCUT2D eigenvalue weighted by Crippen LogP contribution is 2.47. The molecule has 136 valence electrons. The number of hydrogen-bond acceptors (Lipinski definition) is 2. The van der Waals surface area contributed by atoms with Gasteiger partial charge in [0.05, 0.1) is 0 Å². The van der Waals surface area contributed by atoms with Gasteiger partial charge in [-0.1, -0.05) is 12.1 Å². The number of guanidine groups is 1. The van der Waals surface area contributed by atoms with Crippen LogP contribution in [0.25, 0.3) is 0 Å². The highest BCUT2D eigenvalue weighted by molar-refractivity contribution is 5.80. The highest BCUT2D eigenvalue weighted by atomic mass is 19.1. The summed E-state index contributed by atoms with van der Waals surface area (Å²) in [5.74, 6) is 0.732. The van der Waals surface area contributed by atoms with Crippen molar-refractivity contribution in [1.82, 2.24) is 10.2 Å². The van der Waals surface area contributed by atoms with Gasteiger partial charge in [0.15, 0.2) is 5.96 Å². The minimum Gasteiger partial charge on any atom is -0.370 e. The lowest BCUT2D eigenvalue weighted by atomic mass is 9.94. The van der Waals surface area contributed by atoms with E-state index < -0.39 is 0 Å². The summed E-state index contributed by atoms with van der Waals surface area (Å²) in [6.07, 6.45) is 4.62. The smallest absolute Gasteiger partial charge is 0.217 e. The zero-order valence-corrected chi connectivity index (χ0v) is 14.8. The molecule has 1 heterocycles. The standard InChI is InChI=1S/C19H27FN4O/c1-22-18(24-9-3-4-14(12-24)10-17(21)25)23-13-19(7-8-19)15-5-2-6-16(20)11-15/h2,5-6,11,14H,3-4,7-10,12-13H2,1H3,(H2,21,25)(H,22,23). The maximum atomic E-state index is 13.5. The predicted molar refractivity (Wildman–Crippen MR) is 96.8 cm³/mol. The van der Waals surface area contributed by atoms with Crippen LogP contribution >= 0.6 is 0 Å². The summed E-state index contributed by atoms with van der Waals surface area (Å²) >= 11 is 0. The van der Waals surface area contributed by atoms with E-state index in [1.807, 2.05) is 6.07 Å². The third-order valence-corrected chi connectivity index (χ3v) is 5.40. The molecule has 1 aromatic carbocycles. The number of primary amides is 1. The quantitative estimate of drug-likeness (QED) is 0.633. The molecule has 1 aliphatic carbocycles. The van der Waals surface area contributed by atoms with Crippen molar-refractivity contribution in [2.45, 2.75) is 37.5 Å². The van der Waals surface area contributed by atoms with Crippen LogP contribution in [-0.4, -0.2) is 43.4 Å². The zero-order chi connectivity index (χ0) is 17.9. The fraction of sp³-hybridized carbons (Fsp3) is 0.579. The molecule has 1 aromatic rings. The molecule has 2 fully saturated rings. The highest BCUT2D eigenvalue weighted by Gasteiger charge is 2.44. The third-order valence-electron chi connectivity index (χ3n) is 5.40. The normalized spacial score (nSPS) is 22.6. The van der Waals surface area contributed by atoms with Crippen LogP contribution in [0.5, 0.6) is 0 Å². The van der Waals surface area contributed by atoms with Crippen molar-refractivity contribution in [2.75, 3.05) is 26.7 Å². The van der Waals surface area contributed by atoms with Crippen LogP contribution < -0.4 is 11.1 Å². The Labute approximate surface area is 148 Å². The molecular formula is C19H27FN4O. The third kappa shape index (κ3) is 4.30. The summed E-state index contributed by atoms with van der Waals surface area (Å²) in [5.41, 5.74) is 6.41. The molecule has 2 aliphatic rings. The van der Waals surface area contributed by atoms with Gasteiger partial charge in [0.2, 0.25) is 5.91 Å². The van der Waals surface area contributed by atoms with E-state index in [1.165, 1.54) is 6.07 Å². The Morgan fingerprint density at radius 3 is 2.92 bits per heavy atom. The largest absolute Gasteiger partial charge is 0.370 e. The van der Waals surface area contributed by atoms with Crippen LogP contribution in [0.1, 0.15) is 37.7 Å². The molecule has 0 aromatic heterocycles. The van der Waals surface area contributed by atoms with E-state index in [9.17, 15) is 9.18 Å². The van der Waals surface area contributed by atoms with E-state index in [0.29, 0.717) is 12.3 Å². The maximum absolute atomic E-state index is 13.5. The van der Waals surface area contributed by atoms with Crippen molar-refractivity contribution in [3.8, 4) is 0 Å². The Morgan fingerprint density at radius 1 is 1.48 bits per heavy atom. The van der Waals surface area contributed by atoms with Crippen LogP contribution in [0.15, 0.2) is 29.3 Å². The minimum absolute atomic E-state index is 0.0143. The molecule has 3 rings (SSSR count). The summed E-state index contributed by atoms with van der Waals surface area (Å²) in [6, 6.07) is 6.91. The fourth-order valence-corrected chi connectivity index (χ4v) is 3.83. The van der Waals surface area contributed by atoms with Gasteiger partial charge in [0.1, 0.15) is 5.82 Å². The van der Waals surface area contributed by atoms with Crippen molar-refractivity contribution >= 4 is 11.9 Å². The average molecular weight is 346 g/mol. The lowest BCUT2D eigenvalue weighted by Gasteiger charge is -2.35. The summed E-state index contributed by atoms with van der Waals surface area (Å²) in [7, 11) is 1.78. The van der Waals surface area contributed by atoms with Crippen molar-refractivity contribution in [2.24, 2.45) is 16.6 Å². The number of nitrogens with two attached hydrogens (primary N) is 1. The molecule has 5 nitrogen and oxygen atoms in total. The topological polar surface area (TPSA) is 70.7 Å². The number of nitrogens with one attached hydrogen (secondary N) is 1. The second kappa shape index (κ2) is 7.42. The van der Waals surface area contributed by atoms with Crippen molar-refractivity contribution in [1.29, 1.82) is 0 Å². The van der Waals surface area contributed by atoms with Gasteiger partial charge in [0, 0.05) is 38.5 Å². The number of hydrogen-bond donors (Lipinski definition) is 2. The van der Waals surface area contributed by atoms with Gasteiger partial charge in [-0.05, 0) is 49.3 Å². The lowest BCUT2D eigenvalue weighted by Crippen LogP contribution is -2.48. The number of halogens is 1. The molecule has 1 aliphatic heterocycles. The Bertz CT molecular complexity index is 657. The first kappa shape index (κ1) is 17.7. The Morgan fingerprint density at radius 2 is 2.28 bits per heavy atom. The van der Waals surface area contributed by atoms with E-state index in [1.54, 1.807) is 19.2 Å². The van der Waals surface area contributed by atoms with Gasteiger partial charge in [-0.3, -0.25) is 9.79 Å². The second-order valence-electron chi connectivity index (χ2n) is 7.32. The monoisotopic (exact) mass is 346 g/mol. The SMILES string of the molecule is CN=C(NCC1(c2cccc(F)c2)CC1)N1CCCC(CC(N)=O)C1. The number of carbonyl (C=O) groups excluding carboxylic acids is 1. The number of aliphatic imine (C=N–C) groups is 1.